The van der Waals surface area contributed by atoms with Gasteiger partial charge >= 0.3 is 0 Å². The van der Waals surface area contributed by atoms with Crippen molar-refractivity contribution < 1.29 is 0 Å². The minimum atomic E-state index is 0.775. The van der Waals surface area contributed by atoms with Crippen LogP contribution in [0.1, 0.15) is 72.1 Å². The number of nitrogens with zero attached hydrogens (tertiary/aromatic N) is 3. The first-order valence-electron chi connectivity index (χ1n) is 9.50. The van der Waals surface area contributed by atoms with Gasteiger partial charge < -0.3 is 14.7 Å². The minimum absolute atomic E-state index is 0.775. The van der Waals surface area contributed by atoms with E-state index in [1.54, 1.807) is 0 Å². The Morgan fingerprint density at radius 1 is 0.909 bits per heavy atom. The second-order valence-corrected chi connectivity index (χ2v) is 7.11. The van der Waals surface area contributed by atoms with Crippen molar-refractivity contribution in [3.05, 3.63) is 12.4 Å². The van der Waals surface area contributed by atoms with E-state index < -0.39 is 0 Å². The van der Waals surface area contributed by atoms with E-state index in [-0.39, 0.29) is 0 Å². The van der Waals surface area contributed by atoms with Crippen LogP contribution in [0.4, 0.5) is 0 Å². The zero-order chi connectivity index (χ0) is 16.2. The molecule has 0 aromatic carbocycles. The van der Waals surface area contributed by atoms with Crippen LogP contribution in [-0.2, 0) is 0 Å². The molecular weight excluding hydrogens is 270 g/mol. The molecule has 1 saturated heterocycles. The number of hydrogen-bond acceptors (Lipinski definition) is 3. The van der Waals surface area contributed by atoms with Crippen LogP contribution in [-0.4, -0.2) is 54.1 Å². The lowest BCUT2D eigenvalue weighted by Crippen LogP contribution is -2.26. The summed E-state index contributed by atoms with van der Waals surface area (Å²) in [5.41, 5.74) is 0. The van der Waals surface area contributed by atoms with Crippen molar-refractivity contribution in [2.75, 3.05) is 33.4 Å². The standard InChI is InChI=1S/C12H24N2.C7H15N/c1-3-4-5-6-7-8-9-14-11-10-13(2)12-14;1-7(2)8-5-3-4-6-8/h10-11H,3-9,12H2,1-2H3;7H,3-6H2,1-2H3. The predicted octanol–water partition coefficient (Wildman–Crippen LogP) is 4.51. The van der Waals surface area contributed by atoms with E-state index in [0.717, 1.165) is 12.7 Å². The second-order valence-electron chi connectivity index (χ2n) is 7.11. The van der Waals surface area contributed by atoms with E-state index in [2.05, 4.69) is 54.9 Å². The molecule has 0 aromatic heterocycles. The smallest absolute Gasteiger partial charge is 0.0890 e. The molecule has 0 aromatic rings. The van der Waals surface area contributed by atoms with E-state index in [1.807, 2.05) is 0 Å². The first-order valence-corrected chi connectivity index (χ1v) is 9.50. The lowest BCUT2D eigenvalue weighted by Gasteiger charge is -2.18. The van der Waals surface area contributed by atoms with Crippen LogP contribution >= 0.6 is 0 Å². The Morgan fingerprint density at radius 2 is 1.55 bits per heavy atom. The fourth-order valence-electron chi connectivity index (χ4n) is 3.09. The summed E-state index contributed by atoms with van der Waals surface area (Å²) in [6.07, 6.45) is 15.5. The van der Waals surface area contributed by atoms with Crippen LogP contribution < -0.4 is 0 Å². The molecule has 0 aliphatic carbocycles. The average Bonchev–Trinajstić information content (AvgIpc) is 3.15. The van der Waals surface area contributed by atoms with Crippen LogP contribution in [0.25, 0.3) is 0 Å². The summed E-state index contributed by atoms with van der Waals surface area (Å²) < 4.78 is 0. The predicted molar refractivity (Wildman–Crippen MR) is 97.8 cm³/mol. The Bertz CT molecular complexity index is 282. The Hall–Kier alpha value is -0.700. The molecule has 1 fully saturated rings. The monoisotopic (exact) mass is 309 g/mol. The van der Waals surface area contributed by atoms with Gasteiger partial charge in [-0.1, -0.05) is 39.0 Å². The molecule has 2 aliphatic heterocycles. The highest BCUT2D eigenvalue weighted by atomic mass is 15.3. The van der Waals surface area contributed by atoms with Gasteiger partial charge in [0.25, 0.3) is 0 Å². The molecule has 2 heterocycles. The molecule has 0 spiro atoms. The zero-order valence-electron chi connectivity index (χ0n) is 15.6. The average molecular weight is 310 g/mol. The summed E-state index contributed by atoms with van der Waals surface area (Å²) in [6, 6.07) is 0.775. The molecule has 130 valence electrons. The highest BCUT2D eigenvalue weighted by Gasteiger charge is 2.13. The van der Waals surface area contributed by atoms with Gasteiger partial charge in [-0.05, 0) is 46.2 Å². The topological polar surface area (TPSA) is 9.72 Å². The van der Waals surface area contributed by atoms with Crippen molar-refractivity contribution in [1.29, 1.82) is 0 Å². The molecule has 3 heteroatoms. The minimum Gasteiger partial charge on any atom is -0.362 e. The first kappa shape index (κ1) is 19.3. The summed E-state index contributed by atoms with van der Waals surface area (Å²) in [6.45, 7) is 11.8. The Morgan fingerprint density at radius 3 is 2.05 bits per heavy atom. The SMILES string of the molecule is CC(C)N1CCCC1.CCCCCCCCN1C=CN(C)C1. The van der Waals surface area contributed by atoms with Gasteiger partial charge in [-0.15, -0.1) is 0 Å². The summed E-state index contributed by atoms with van der Waals surface area (Å²) in [7, 11) is 2.12. The summed E-state index contributed by atoms with van der Waals surface area (Å²) >= 11 is 0. The summed E-state index contributed by atoms with van der Waals surface area (Å²) in [4.78, 5) is 7.14. The van der Waals surface area contributed by atoms with Crippen LogP contribution in [0.2, 0.25) is 0 Å². The Labute approximate surface area is 139 Å². The molecule has 2 aliphatic rings. The van der Waals surface area contributed by atoms with E-state index >= 15 is 0 Å². The van der Waals surface area contributed by atoms with E-state index in [4.69, 9.17) is 0 Å². The van der Waals surface area contributed by atoms with Crippen LogP contribution in [0.15, 0.2) is 12.4 Å². The van der Waals surface area contributed by atoms with Gasteiger partial charge in [0.05, 0.1) is 6.67 Å². The zero-order valence-corrected chi connectivity index (χ0v) is 15.6. The molecule has 2 rings (SSSR count). The molecule has 0 radical (unpaired) electrons. The van der Waals surface area contributed by atoms with Crippen molar-refractivity contribution in [1.82, 2.24) is 14.7 Å². The Kier molecular flexibility index (Phi) is 10.4. The van der Waals surface area contributed by atoms with E-state index in [9.17, 15) is 0 Å². The maximum atomic E-state index is 2.53. The maximum absolute atomic E-state index is 2.53. The molecule has 0 atom stereocenters. The van der Waals surface area contributed by atoms with Crippen molar-refractivity contribution in [2.24, 2.45) is 0 Å². The number of rotatable bonds is 8. The van der Waals surface area contributed by atoms with Crippen LogP contribution in [0.3, 0.4) is 0 Å². The fourth-order valence-corrected chi connectivity index (χ4v) is 3.09. The molecule has 3 nitrogen and oxygen atoms in total. The molecule has 0 amide bonds. The van der Waals surface area contributed by atoms with E-state index in [0.29, 0.717) is 0 Å². The lowest BCUT2D eigenvalue weighted by atomic mass is 10.1. The molecule has 0 saturated carbocycles. The third kappa shape index (κ3) is 8.67. The van der Waals surface area contributed by atoms with Gasteiger partial charge in [-0.3, -0.25) is 0 Å². The first-order chi connectivity index (χ1) is 10.6. The lowest BCUT2D eigenvalue weighted by molar-refractivity contribution is 0.276. The Balaban J connectivity index is 0.000000255. The van der Waals surface area contributed by atoms with Gasteiger partial charge in [0.15, 0.2) is 0 Å². The molecule has 0 bridgehead atoms. The third-order valence-electron chi connectivity index (χ3n) is 4.61. The number of unbranched alkanes of at least 4 members (excludes halogenated alkanes) is 5. The fraction of sp³-hybridized carbons (Fsp3) is 0.895. The normalized spacial score (nSPS) is 18.2. The third-order valence-corrected chi connectivity index (χ3v) is 4.61. The maximum Gasteiger partial charge on any atom is 0.0890 e. The number of hydrogen-bond donors (Lipinski definition) is 0. The molecular formula is C19H39N3. The summed E-state index contributed by atoms with van der Waals surface area (Å²) in [5.74, 6) is 0. The highest BCUT2D eigenvalue weighted by Crippen LogP contribution is 2.10. The van der Waals surface area contributed by atoms with Gasteiger partial charge in [0.2, 0.25) is 0 Å². The van der Waals surface area contributed by atoms with Gasteiger partial charge in [-0.25, -0.2) is 0 Å². The molecule has 0 N–H and O–H groups in total. The van der Waals surface area contributed by atoms with Crippen molar-refractivity contribution in [2.45, 2.75) is 78.2 Å². The van der Waals surface area contributed by atoms with Gasteiger partial charge in [0, 0.05) is 32.0 Å². The van der Waals surface area contributed by atoms with Crippen molar-refractivity contribution in [3.63, 3.8) is 0 Å². The highest BCUT2D eigenvalue weighted by molar-refractivity contribution is 4.88. The van der Waals surface area contributed by atoms with E-state index in [1.165, 1.54) is 71.0 Å². The molecule has 0 unspecified atom stereocenters. The largest absolute Gasteiger partial charge is 0.362 e. The second kappa shape index (κ2) is 11.8. The van der Waals surface area contributed by atoms with Crippen LogP contribution in [0.5, 0.6) is 0 Å². The van der Waals surface area contributed by atoms with Crippen molar-refractivity contribution >= 4 is 0 Å². The molecule has 22 heavy (non-hydrogen) atoms. The van der Waals surface area contributed by atoms with Gasteiger partial charge in [-0.2, -0.15) is 0 Å². The van der Waals surface area contributed by atoms with Gasteiger partial charge in [0.1, 0.15) is 0 Å². The number of likely N-dealkylation sites (tertiary alicyclic amines) is 1. The van der Waals surface area contributed by atoms with Crippen LogP contribution in [0, 0.1) is 0 Å². The quantitative estimate of drug-likeness (QED) is 0.611. The van der Waals surface area contributed by atoms with Crippen molar-refractivity contribution in [3.8, 4) is 0 Å². The summed E-state index contributed by atoms with van der Waals surface area (Å²) in [5, 5.41) is 0.